The Labute approximate surface area is 145 Å². The van der Waals surface area contributed by atoms with Crippen LogP contribution in [0.15, 0.2) is 11.1 Å². The number of nitrogens with one attached hydrogen (secondary N) is 1. The van der Waals surface area contributed by atoms with Crippen LogP contribution in [0.5, 0.6) is 0 Å². The highest BCUT2D eigenvalue weighted by atomic mass is 32.1. The number of pyridine rings is 1. The molecule has 3 aromatic heterocycles. The van der Waals surface area contributed by atoms with Gasteiger partial charge in [-0.25, -0.2) is 9.97 Å². The number of aromatic nitrogens is 3. The molecule has 0 fully saturated rings. The van der Waals surface area contributed by atoms with E-state index >= 15 is 0 Å². The molecule has 0 bridgehead atoms. The smallest absolute Gasteiger partial charge is 0.268 e. The van der Waals surface area contributed by atoms with Crippen LogP contribution in [-0.2, 0) is 19.3 Å². The first-order chi connectivity index (χ1) is 11.4. The number of H-pyrrole nitrogens is 1. The van der Waals surface area contributed by atoms with Crippen molar-refractivity contribution in [2.75, 3.05) is 0 Å². The van der Waals surface area contributed by atoms with Crippen molar-refractivity contribution in [1.29, 1.82) is 0 Å². The second-order valence-corrected chi connectivity index (χ2v) is 9.15. The fraction of sp³-hybridized carbons (Fsp3) is 0.526. The largest absolute Gasteiger partial charge is 0.312 e. The zero-order valence-corrected chi connectivity index (χ0v) is 15.5. The normalized spacial score (nSPS) is 16.9. The summed E-state index contributed by atoms with van der Waals surface area (Å²) in [5.41, 5.74) is 5.08. The van der Waals surface area contributed by atoms with E-state index < -0.39 is 0 Å². The van der Waals surface area contributed by atoms with Gasteiger partial charge in [-0.1, -0.05) is 27.7 Å². The molecule has 5 heteroatoms. The summed E-state index contributed by atoms with van der Waals surface area (Å²) in [7, 11) is 0. The summed E-state index contributed by atoms with van der Waals surface area (Å²) in [6.45, 7) is 9.14. The Balaban J connectivity index is 2.10. The van der Waals surface area contributed by atoms with Crippen LogP contribution in [0.25, 0.3) is 20.4 Å². The molecule has 0 radical (unpaired) electrons. The minimum atomic E-state index is -0.0581. The summed E-state index contributed by atoms with van der Waals surface area (Å²) in [5.74, 6) is 0.574. The van der Waals surface area contributed by atoms with Crippen molar-refractivity contribution in [3.63, 3.8) is 0 Å². The summed E-state index contributed by atoms with van der Waals surface area (Å²) < 4.78 is 0.701. The lowest BCUT2D eigenvalue weighted by molar-refractivity contribution is 0.315. The molecule has 0 amide bonds. The molecule has 4 nitrogen and oxygen atoms in total. The highest BCUT2D eigenvalue weighted by Crippen LogP contribution is 2.42. The Hall–Kier alpha value is -1.75. The zero-order valence-electron chi connectivity index (χ0n) is 14.7. The van der Waals surface area contributed by atoms with Crippen molar-refractivity contribution in [3.8, 4) is 0 Å². The molecule has 0 atom stereocenters. The number of rotatable bonds is 2. The van der Waals surface area contributed by atoms with Crippen LogP contribution in [0.1, 0.15) is 50.9 Å². The zero-order chi connectivity index (χ0) is 17.1. The number of thiophene rings is 1. The summed E-state index contributed by atoms with van der Waals surface area (Å²) in [6.07, 6.45) is 5.81. The Morgan fingerprint density at radius 2 is 2.12 bits per heavy atom. The van der Waals surface area contributed by atoms with Crippen LogP contribution >= 0.6 is 11.3 Å². The number of hydrogen-bond acceptors (Lipinski definition) is 4. The lowest BCUT2D eigenvalue weighted by Crippen LogP contribution is -2.24. The molecule has 0 saturated heterocycles. The minimum absolute atomic E-state index is 0.0581. The molecule has 0 spiro atoms. The van der Waals surface area contributed by atoms with Gasteiger partial charge in [0.1, 0.15) is 9.53 Å². The third-order valence-corrected chi connectivity index (χ3v) is 6.09. The Morgan fingerprint density at radius 3 is 2.88 bits per heavy atom. The molecule has 0 aromatic carbocycles. The maximum absolute atomic E-state index is 12.2. The molecule has 0 saturated carbocycles. The van der Waals surface area contributed by atoms with Gasteiger partial charge in [-0.2, -0.15) is 0 Å². The molecular formula is C19H23N3OS. The molecule has 126 valence electrons. The first-order valence-corrected chi connectivity index (χ1v) is 9.48. The summed E-state index contributed by atoms with van der Waals surface area (Å²) >= 11 is 1.49. The third kappa shape index (κ3) is 2.46. The van der Waals surface area contributed by atoms with E-state index in [1.54, 1.807) is 0 Å². The quantitative estimate of drug-likeness (QED) is 0.758. The summed E-state index contributed by atoms with van der Waals surface area (Å²) in [4.78, 5) is 25.3. The molecule has 1 aliphatic rings. The van der Waals surface area contributed by atoms with E-state index in [1.807, 2.05) is 0 Å². The van der Waals surface area contributed by atoms with Crippen LogP contribution in [0.4, 0.5) is 0 Å². The van der Waals surface area contributed by atoms with Gasteiger partial charge in [0.05, 0.1) is 11.8 Å². The predicted molar refractivity (Wildman–Crippen MR) is 99.9 cm³/mol. The summed E-state index contributed by atoms with van der Waals surface area (Å²) in [5, 5.41) is 1.12. The van der Waals surface area contributed by atoms with Gasteiger partial charge in [0.25, 0.3) is 5.56 Å². The average Bonchev–Trinajstić information content (AvgIpc) is 2.85. The van der Waals surface area contributed by atoms with Crippen molar-refractivity contribution in [1.82, 2.24) is 15.0 Å². The Bertz CT molecular complexity index is 997. The van der Waals surface area contributed by atoms with Crippen molar-refractivity contribution >= 4 is 31.8 Å². The van der Waals surface area contributed by atoms with E-state index in [4.69, 9.17) is 4.98 Å². The van der Waals surface area contributed by atoms with Crippen molar-refractivity contribution in [2.45, 2.75) is 53.4 Å². The first-order valence-electron chi connectivity index (χ1n) is 8.66. The highest BCUT2D eigenvalue weighted by molar-refractivity contribution is 7.25. The van der Waals surface area contributed by atoms with Gasteiger partial charge in [-0.15, -0.1) is 11.3 Å². The monoisotopic (exact) mass is 341 g/mol. The average molecular weight is 341 g/mol. The fourth-order valence-corrected chi connectivity index (χ4v) is 4.93. The van der Waals surface area contributed by atoms with Crippen LogP contribution in [0.3, 0.4) is 0 Å². The second-order valence-electron chi connectivity index (χ2n) is 8.15. The van der Waals surface area contributed by atoms with Crippen molar-refractivity contribution in [2.24, 2.45) is 11.3 Å². The van der Waals surface area contributed by atoms with E-state index in [-0.39, 0.29) is 11.0 Å². The van der Waals surface area contributed by atoms with Gasteiger partial charge >= 0.3 is 0 Å². The molecule has 0 aliphatic heterocycles. The van der Waals surface area contributed by atoms with Crippen molar-refractivity contribution in [3.05, 3.63) is 33.5 Å². The lowest BCUT2D eigenvalue weighted by Gasteiger charge is -2.33. The van der Waals surface area contributed by atoms with Gasteiger partial charge in [0.15, 0.2) is 0 Å². The number of hydrogen-bond donors (Lipinski definition) is 1. The lowest BCUT2D eigenvalue weighted by atomic mass is 9.73. The van der Waals surface area contributed by atoms with Gasteiger partial charge in [0.2, 0.25) is 0 Å². The second kappa shape index (κ2) is 5.38. The van der Waals surface area contributed by atoms with E-state index in [2.05, 4.69) is 37.7 Å². The molecule has 24 heavy (non-hydrogen) atoms. The SMILES string of the molecule is CC(C)Cc1nc2sc3c(=O)[nH]cnc3c2c2c1CCC(C)(C)C2. The van der Waals surface area contributed by atoms with E-state index in [9.17, 15) is 4.79 Å². The molecule has 3 heterocycles. The topological polar surface area (TPSA) is 58.6 Å². The molecular weight excluding hydrogens is 318 g/mol. The number of fused-ring (bicyclic) bond motifs is 5. The van der Waals surface area contributed by atoms with Crippen LogP contribution in [-0.4, -0.2) is 15.0 Å². The molecule has 4 rings (SSSR count). The van der Waals surface area contributed by atoms with Crippen LogP contribution < -0.4 is 5.56 Å². The van der Waals surface area contributed by atoms with Crippen molar-refractivity contribution < 1.29 is 0 Å². The Morgan fingerprint density at radius 1 is 1.33 bits per heavy atom. The van der Waals surface area contributed by atoms with E-state index in [0.29, 0.717) is 10.6 Å². The van der Waals surface area contributed by atoms with Gasteiger partial charge in [0, 0.05) is 11.1 Å². The Kier molecular flexibility index (Phi) is 3.53. The van der Waals surface area contributed by atoms with E-state index in [1.165, 1.54) is 40.9 Å². The van der Waals surface area contributed by atoms with Crippen LogP contribution in [0.2, 0.25) is 0 Å². The highest BCUT2D eigenvalue weighted by Gasteiger charge is 2.30. The predicted octanol–water partition coefficient (Wildman–Crippen LogP) is 4.25. The maximum Gasteiger partial charge on any atom is 0.268 e. The number of nitrogens with zero attached hydrogens (tertiary/aromatic N) is 2. The minimum Gasteiger partial charge on any atom is -0.312 e. The standard InChI is InChI=1S/C19H23N3OS/c1-10(2)7-13-11-5-6-19(3,4)8-12(11)14-15-16(24-18(14)22-13)17(23)21-9-20-15/h9-10H,5-8H2,1-4H3,(H,20,21,23). The molecule has 3 aromatic rings. The third-order valence-electron chi connectivity index (χ3n) is 5.02. The maximum atomic E-state index is 12.2. The molecule has 1 N–H and O–H groups in total. The van der Waals surface area contributed by atoms with Gasteiger partial charge in [-0.05, 0) is 48.1 Å². The fourth-order valence-electron chi connectivity index (χ4n) is 3.85. The molecule has 0 unspecified atom stereocenters. The number of aromatic amines is 1. The molecule has 1 aliphatic carbocycles. The first kappa shape index (κ1) is 15.8. The van der Waals surface area contributed by atoms with E-state index in [0.717, 1.165) is 35.0 Å². The van der Waals surface area contributed by atoms with Gasteiger partial charge in [-0.3, -0.25) is 4.79 Å². The van der Waals surface area contributed by atoms with Crippen LogP contribution in [0, 0.1) is 11.3 Å². The van der Waals surface area contributed by atoms with Gasteiger partial charge < -0.3 is 4.98 Å². The summed E-state index contributed by atoms with van der Waals surface area (Å²) in [6, 6.07) is 0.